The molecule has 0 amide bonds. The van der Waals surface area contributed by atoms with Crippen LogP contribution in [0.5, 0.6) is 0 Å². The van der Waals surface area contributed by atoms with Gasteiger partial charge >= 0.3 is 0 Å². The number of benzene rings is 1. The van der Waals surface area contributed by atoms with Crippen LogP contribution in [0.15, 0.2) is 46.9 Å². The summed E-state index contributed by atoms with van der Waals surface area (Å²) in [6, 6.07) is 8.90. The first-order valence-corrected chi connectivity index (χ1v) is 17.1. The van der Waals surface area contributed by atoms with Gasteiger partial charge in [0, 0.05) is 0 Å². The fraction of sp³-hybridized carbons (Fsp3) is 0.765. The Morgan fingerprint density at radius 1 is 0.949 bits per heavy atom. The number of sulfone groups is 1. The number of aliphatic hydroxyl groups excluding tert-OH is 1. The van der Waals surface area contributed by atoms with E-state index in [2.05, 4.69) is 26.8 Å². The SMILES string of the molecule is CC(C)[C@@H](O)CC([C@@H](C)[C@H]1CC[C@H]2[C@@H]3CC=C4C[C@@](C)(O)CC[C@]4(C)[C@H]3CC[C@]12C)S(=O)(=O)c1ccccc1. The molecule has 0 saturated heterocycles. The van der Waals surface area contributed by atoms with Crippen LogP contribution in [0.25, 0.3) is 0 Å². The smallest absolute Gasteiger partial charge is 0.181 e. The second kappa shape index (κ2) is 10.3. The lowest BCUT2D eigenvalue weighted by Gasteiger charge is -2.59. The lowest BCUT2D eigenvalue weighted by Crippen LogP contribution is -2.52. The van der Waals surface area contributed by atoms with E-state index in [9.17, 15) is 18.6 Å². The van der Waals surface area contributed by atoms with Crippen molar-refractivity contribution in [3.05, 3.63) is 42.0 Å². The first-order chi connectivity index (χ1) is 18.2. The van der Waals surface area contributed by atoms with Gasteiger partial charge in [-0.1, -0.05) is 64.5 Å². The zero-order valence-corrected chi connectivity index (χ0v) is 25.9. The van der Waals surface area contributed by atoms with Crippen molar-refractivity contribution in [3.8, 4) is 0 Å². The standard InChI is InChI=1S/C34H52O4S/c1-22(2)30(35)20-31(39(37,38)25-10-8-7-9-11-25)23(3)27-14-15-28-26-13-12-24-21-32(4,36)18-19-33(24,5)29(26)16-17-34(27,28)6/h7-12,22-23,26-31,35-36H,13-21H2,1-6H3/t23-,26-,27+,28-,29-,30-,31?,32-,33-,34+/m0/s1. The molecular weight excluding hydrogens is 504 g/mol. The molecule has 4 aliphatic carbocycles. The molecule has 0 bridgehead atoms. The zero-order valence-electron chi connectivity index (χ0n) is 25.1. The maximum Gasteiger partial charge on any atom is 0.181 e. The molecule has 5 heteroatoms. The van der Waals surface area contributed by atoms with Crippen molar-refractivity contribution in [2.24, 2.45) is 46.3 Å². The second-order valence-electron chi connectivity index (χ2n) is 15.0. The molecule has 4 nitrogen and oxygen atoms in total. The van der Waals surface area contributed by atoms with Gasteiger partial charge in [0.05, 0.1) is 21.9 Å². The summed E-state index contributed by atoms with van der Waals surface area (Å²) in [5, 5.41) is 21.1. The number of hydrogen-bond acceptors (Lipinski definition) is 4. The fourth-order valence-electron chi connectivity index (χ4n) is 9.89. The van der Waals surface area contributed by atoms with Gasteiger partial charge in [-0.15, -0.1) is 0 Å². The van der Waals surface area contributed by atoms with E-state index in [0.29, 0.717) is 35.0 Å². The van der Waals surface area contributed by atoms with Gasteiger partial charge in [0.25, 0.3) is 0 Å². The summed E-state index contributed by atoms with van der Waals surface area (Å²) in [5.41, 5.74) is 1.23. The molecule has 0 aliphatic heterocycles. The number of rotatable bonds is 7. The lowest BCUT2D eigenvalue weighted by molar-refractivity contribution is -0.0707. The van der Waals surface area contributed by atoms with Crippen molar-refractivity contribution < 1.29 is 18.6 Å². The Labute approximate surface area is 237 Å². The van der Waals surface area contributed by atoms with Crippen LogP contribution in [0.1, 0.15) is 99.3 Å². The van der Waals surface area contributed by atoms with E-state index in [-0.39, 0.29) is 22.7 Å². The molecule has 0 radical (unpaired) electrons. The van der Waals surface area contributed by atoms with Crippen molar-refractivity contribution in [1.82, 2.24) is 0 Å². The van der Waals surface area contributed by atoms with Crippen LogP contribution >= 0.6 is 0 Å². The Morgan fingerprint density at radius 2 is 1.64 bits per heavy atom. The molecule has 0 spiro atoms. The molecule has 0 aromatic heterocycles. The van der Waals surface area contributed by atoms with Gasteiger partial charge in [-0.25, -0.2) is 8.42 Å². The Morgan fingerprint density at radius 3 is 2.31 bits per heavy atom. The summed E-state index contributed by atoms with van der Waals surface area (Å²) in [7, 11) is -3.58. The molecular formula is C34H52O4S. The number of hydrogen-bond donors (Lipinski definition) is 2. The molecule has 1 aromatic carbocycles. The van der Waals surface area contributed by atoms with Crippen molar-refractivity contribution in [3.63, 3.8) is 0 Å². The van der Waals surface area contributed by atoms with Crippen LogP contribution in [0, 0.1) is 46.3 Å². The van der Waals surface area contributed by atoms with E-state index >= 15 is 0 Å². The highest BCUT2D eigenvalue weighted by Gasteiger charge is 2.60. The Kier molecular flexibility index (Phi) is 7.73. The van der Waals surface area contributed by atoms with Crippen LogP contribution < -0.4 is 0 Å². The first kappa shape index (κ1) is 29.3. The molecule has 1 aromatic rings. The Bertz CT molecular complexity index is 1170. The second-order valence-corrected chi connectivity index (χ2v) is 17.1. The molecule has 10 atom stereocenters. The highest BCUT2D eigenvalue weighted by molar-refractivity contribution is 7.92. The van der Waals surface area contributed by atoms with Crippen molar-refractivity contribution >= 4 is 9.84 Å². The first-order valence-electron chi connectivity index (χ1n) is 15.6. The van der Waals surface area contributed by atoms with Crippen molar-refractivity contribution in [1.29, 1.82) is 0 Å². The molecule has 3 fully saturated rings. The summed E-state index contributed by atoms with van der Waals surface area (Å²) >= 11 is 0. The van der Waals surface area contributed by atoms with Gasteiger partial charge in [-0.3, -0.25) is 0 Å². The van der Waals surface area contributed by atoms with E-state index < -0.39 is 26.8 Å². The molecule has 5 rings (SSSR count). The van der Waals surface area contributed by atoms with Crippen molar-refractivity contribution in [2.45, 2.75) is 121 Å². The summed E-state index contributed by atoms with van der Waals surface area (Å²) in [6.45, 7) is 13.1. The van der Waals surface area contributed by atoms with Crippen LogP contribution in [-0.4, -0.2) is 35.6 Å². The minimum Gasteiger partial charge on any atom is -0.393 e. The van der Waals surface area contributed by atoms with Gasteiger partial charge in [0.2, 0.25) is 0 Å². The summed E-state index contributed by atoms with van der Waals surface area (Å²) in [6.07, 6.45) is 10.6. The van der Waals surface area contributed by atoms with E-state index in [4.69, 9.17) is 0 Å². The molecule has 218 valence electrons. The average molecular weight is 557 g/mol. The largest absolute Gasteiger partial charge is 0.393 e. The maximum atomic E-state index is 14.1. The predicted molar refractivity (Wildman–Crippen MR) is 158 cm³/mol. The molecule has 1 unspecified atom stereocenters. The average Bonchev–Trinajstić information content (AvgIpc) is 3.24. The number of fused-ring (bicyclic) bond motifs is 5. The van der Waals surface area contributed by atoms with Gasteiger partial charge in [0.15, 0.2) is 9.84 Å². The monoisotopic (exact) mass is 556 g/mol. The number of allylic oxidation sites excluding steroid dienone is 1. The van der Waals surface area contributed by atoms with Gasteiger partial charge in [0.1, 0.15) is 0 Å². The van der Waals surface area contributed by atoms with E-state index in [1.807, 2.05) is 26.8 Å². The minimum atomic E-state index is -3.58. The normalized spacial score (nSPS) is 40.7. The van der Waals surface area contributed by atoms with Gasteiger partial charge < -0.3 is 10.2 Å². The Hall–Kier alpha value is -1.17. The number of aliphatic hydroxyl groups is 2. The third-order valence-electron chi connectivity index (χ3n) is 12.4. The minimum absolute atomic E-state index is 0.0215. The zero-order chi connectivity index (χ0) is 28.4. The van der Waals surface area contributed by atoms with Crippen LogP contribution in [0.2, 0.25) is 0 Å². The highest BCUT2D eigenvalue weighted by atomic mass is 32.2. The van der Waals surface area contributed by atoms with Crippen LogP contribution in [0.4, 0.5) is 0 Å². The van der Waals surface area contributed by atoms with Gasteiger partial charge in [-0.2, -0.15) is 0 Å². The quantitative estimate of drug-likeness (QED) is 0.348. The molecule has 3 saturated carbocycles. The molecule has 39 heavy (non-hydrogen) atoms. The van der Waals surface area contributed by atoms with E-state index in [1.165, 1.54) is 18.4 Å². The fourth-order valence-corrected chi connectivity index (χ4v) is 12.0. The summed E-state index contributed by atoms with van der Waals surface area (Å²) in [5.74, 6) is 2.24. The molecule has 4 aliphatic rings. The van der Waals surface area contributed by atoms with E-state index in [0.717, 1.165) is 38.5 Å². The van der Waals surface area contributed by atoms with Crippen LogP contribution in [0.3, 0.4) is 0 Å². The van der Waals surface area contributed by atoms with Crippen molar-refractivity contribution in [2.75, 3.05) is 0 Å². The highest BCUT2D eigenvalue weighted by Crippen LogP contribution is 2.68. The molecule has 0 heterocycles. The maximum absolute atomic E-state index is 14.1. The predicted octanol–water partition coefficient (Wildman–Crippen LogP) is 7.20. The van der Waals surface area contributed by atoms with E-state index in [1.54, 1.807) is 24.3 Å². The Balaban J connectivity index is 1.44. The third-order valence-corrected chi connectivity index (χ3v) is 14.7. The van der Waals surface area contributed by atoms with Gasteiger partial charge in [-0.05, 0) is 123 Å². The topological polar surface area (TPSA) is 74.6 Å². The summed E-state index contributed by atoms with van der Waals surface area (Å²) < 4.78 is 28.2. The lowest BCUT2D eigenvalue weighted by atomic mass is 9.46. The molecule has 2 N–H and O–H groups in total. The van der Waals surface area contributed by atoms with Crippen LogP contribution in [-0.2, 0) is 9.84 Å². The summed E-state index contributed by atoms with van der Waals surface area (Å²) in [4.78, 5) is 0.382. The third kappa shape index (κ3) is 4.97.